The third-order valence-electron chi connectivity index (χ3n) is 3.83. The van der Waals surface area contributed by atoms with Gasteiger partial charge in [-0.3, -0.25) is 4.98 Å². The number of pyridine rings is 1. The summed E-state index contributed by atoms with van der Waals surface area (Å²) in [5.74, 6) is 0. The van der Waals surface area contributed by atoms with Crippen LogP contribution in [0.1, 0.15) is 25.0 Å². The van der Waals surface area contributed by atoms with Crippen LogP contribution in [0.5, 0.6) is 0 Å². The Labute approximate surface area is 96.9 Å². The standard InChI is InChI=1S/C13H19N3/c1-11-4-5-12(8-14-11)16-9-13(10-16)6-2-3-7-15-13/h4-5,8,15H,2-3,6-7,9-10H2,1H3. The second-order valence-electron chi connectivity index (χ2n) is 5.18. The molecule has 0 amide bonds. The summed E-state index contributed by atoms with van der Waals surface area (Å²) in [6.45, 7) is 5.53. The van der Waals surface area contributed by atoms with E-state index in [0.29, 0.717) is 5.54 Å². The zero-order valence-corrected chi connectivity index (χ0v) is 9.87. The summed E-state index contributed by atoms with van der Waals surface area (Å²) in [5, 5.41) is 3.68. The fourth-order valence-electron chi connectivity index (χ4n) is 2.81. The molecule has 3 heteroatoms. The molecule has 1 aromatic heterocycles. The van der Waals surface area contributed by atoms with E-state index in [9.17, 15) is 0 Å². The van der Waals surface area contributed by atoms with Crippen molar-refractivity contribution in [1.29, 1.82) is 0 Å². The highest BCUT2D eigenvalue weighted by Gasteiger charge is 2.43. The zero-order chi connectivity index (χ0) is 11.0. The fraction of sp³-hybridized carbons (Fsp3) is 0.615. The molecular weight excluding hydrogens is 198 g/mol. The number of nitrogens with zero attached hydrogens (tertiary/aromatic N) is 2. The molecule has 2 aliphatic rings. The molecule has 0 unspecified atom stereocenters. The fourth-order valence-corrected chi connectivity index (χ4v) is 2.81. The predicted octanol–water partition coefficient (Wildman–Crippen LogP) is 1.72. The highest BCUT2D eigenvalue weighted by Crippen LogP contribution is 2.32. The molecule has 0 bridgehead atoms. The van der Waals surface area contributed by atoms with E-state index in [2.05, 4.69) is 27.3 Å². The van der Waals surface area contributed by atoms with Crippen molar-refractivity contribution in [2.24, 2.45) is 0 Å². The maximum atomic E-state index is 4.35. The van der Waals surface area contributed by atoms with Gasteiger partial charge in [0.05, 0.1) is 17.4 Å². The van der Waals surface area contributed by atoms with Crippen LogP contribution >= 0.6 is 0 Å². The van der Waals surface area contributed by atoms with Gasteiger partial charge in [0.15, 0.2) is 0 Å². The van der Waals surface area contributed by atoms with E-state index in [1.165, 1.54) is 31.5 Å². The highest BCUT2D eigenvalue weighted by atomic mass is 15.3. The lowest BCUT2D eigenvalue weighted by molar-refractivity contribution is 0.202. The number of rotatable bonds is 1. The lowest BCUT2D eigenvalue weighted by atomic mass is 9.81. The van der Waals surface area contributed by atoms with Gasteiger partial charge in [0.1, 0.15) is 0 Å². The molecule has 1 spiro atoms. The molecule has 3 heterocycles. The third-order valence-corrected chi connectivity index (χ3v) is 3.83. The minimum Gasteiger partial charge on any atom is -0.366 e. The van der Waals surface area contributed by atoms with Crippen molar-refractivity contribution in [3.63, 3.8) is 0 Å². The average molecular weight is 217 g/mol. The van der Waals surface area contributed by atoms with Gasteiger partial charge >= 0.3 is 0 Å². The van der Waals surface area contributed by atoms with Crippen LogP contribution in [0.2, 0.25) is 0 Å². The summed E-state index contributed by atoms with van der Waals surface area (Å²) in [6, 6.07) is 4.27. The van der Waals surface area contributed by atoms with E-state index in [1.807, 2.05) is 13.1 Å². The van der Waals surface area contributed by atoms with Gasteiger partial charge in [-0.15, -0.1) is 0 Å². The van der Waals surface area contributed by atoms with Gasteiger partial charge in [-0.25, -0.2) is 0 Å². The number of anilines is 1. The number of nitrogens with one attached hydrogen (secondary N) is 1. The van der Waals surface area contributed by atoms with Crippen LogP contribution in [-0.4, -0.2) is 30.2 Å². The molecule has 0 aliphatic carbocycles. The third kappa shape index (κ3) is 1.69. The number of aryl methyl sites for hydroxylation is 1. The second kappa shape index (κ2) is 3.74. The molecule has 0 saturated carbocycles. The number of piperidine rings is 1. The zero-order valence-electron chi connectivity index (χ0n) is 9.87. The van der Waals surface area contributed by atoms with Gasteiger partial charge in [0.25, 0.3) is 0 Å². The predicted molar refractivity (Wildman–Crippen MR) is 65.8 cm³/mol. The maximum Gasteiger partial charge on any atom is 0.0554 e. The van der Waals surface area contributed by atoms with Crippen LogP contribution in [0.25, 0.3) is 0 Å². The van der Waals surface area contributed by atoms with Crippen molar-refractivity contribution < 1.29 is 0 Å². The smallest absolute Gasteiger partial charge is 0.0554 e. The van der Waals surface area contributed by atoms with Crippen LogP contribution < -0.4 is 10.2 Å². The second-order valence-corrected chi connectivity index (χ2v) is 5.18. The first-order chi connectivity index (χ1) is 7.77. The van der Waals surface area contributed by atoms with E-state index in [0.717, 1.165) is 18.8 Å². The Morgan fingerprint density at radius 2 is 2.19 bits per heavy atom. The Morgan fingerprint density at radius 1 is 1.31 bits per heavy atom. The first-order valence-corrected chi connectivity index (χ1v) is 6.20. The summed E-state index contributed by atoms with van der Waals surface area (Å²) in [4.78, 5) is 6.77. The number of aromatic nitrogens is 1. The Balaban J connectivity index is 1.66. The monoisotopic (exact) mass is 217 g/mol. The van der Waals surface area contributed by atoms with Crippen LogP contribution in [0.15, 0.2) is 18.3 Å². The molecule has 0 atom stereocenters. The number of hydrogen-bond acceptors (Lipinski definition) is 3. The minimum atomic E-state index is 0.420. The Kier molecular flexibility index (Phi) is 2.36. The van der Waals surface area contributed by atoms with Crippen LogP contribution in [0, 0.1) is 6.92 Å². The molecule has 1 N–H and O–H groups in total. The molecule has 3 nitrogen and oxygen atoms in total. The molecule has 2 aliphatic heterocycles. The molecular formula is C13H19N3. The van der Waals surface area contributed by atoms with Crippen LogP contribution in [0.4, 0.5) is 5.69 Å². The maximum absolute atomic E-state index is 4.35. The lowest BCUT2D eigenvalue weighted by Crippen LogP contribution is -2.70. The van der Waals surface area contributed by atoms with Gasteiger partial charge in [0.2, 0.25) is 0 Å². The summed E-state index contributed by atoms with van der Waals surface area (Å²) in [5.41, 5.74) is 2.78. The SMILES string of the molecule is Cc1ccc(N2CC3(CCCCN3)C2)cn1. The summed E-state index contributed by atoms with van der Waals surface area (Å²) in [6.07, 6.45) is 6.05. The van der Waals surface area contributed by atoms with Gasteiger partial charge in [-0.2, -0.15) is 0 Å². The molecule has 86 valence electrons. The summed E-state index contributed by atoms with van der Waals surface area (Å²) >= 11 is 0. The van der Waals surface area contributed by atoms with Crippen molar-refractivity contribution in [3.05, 3.63) is 24.0 Å². The molecule has 2 saturated heterocycles. The summed E-state index contributed by atoms with van der Waals surface area (Å²) < 4.78 is 0. The van der Waals surface area contributed by atoms with E-state index < -0.39 is 0 Å². The lowest BCUT2D eigenvalue weighted by Gasteiger charge is -2.53. The van der Waals surface area contributed by atoms with Gasteiger partial charge in [0, 0.05) is 18.8 Å². The largest absolute Gasteiger partial charge is 0.366 e. The van der Waals surface area contributed by atoms with E-state index >= 15 is 0 Å². The summed E-state index contributed by atoms with van der Waals surface area (Å²) in [7, 11) is 0. The van der Waals surface area contributed by atoms with E-state index in [-0.39, 0.29) is 0 Å². The van der Waals surface area contributed by atoms with Crippen molar-refractivity contribution in [2.75, 3.05) is 24.5 Å². The molecule has 0 radical (unpaired) electrons. The van der Waals surface area contributed by atoms with Crippen molar-refractivity contribution in [3.8, 4) is 0 Å². The van der Waals surface area contributed by atoms with Crippen molar-refractivity contribution in [1.82, 2.24) is 10.3 Å². The Bertz CT molecular complexity index is 357. The van der Waals surface area contributed by atoms with Gasteiger partial charge < -0.3 is 10.2 Å². The number of hydrogen-bond donors (Lipinski definition) is 1. The molecule has 1 aromatic rings. The normalized spacial score (nSPS) is 23.2. The Hall–Kier alpha value is -1.09. The molecule has 2 fully saturated rings. The van der Waals surface area contributed by atoms with Gasteiger partial charge in [-0.1, -0.05) is 6.42 Å². The first kappa shape index (κ1) is 10.1. The molecule has 0 aromatic carbocycles. The average Bonchev–Trinajstić information content (AvgIpc) is 2.28. The van der Waals surface area contributed by atoms with Gasteiger partial charge in [-0.05, 0) is 38.4 Å². The van der Waals surface area contributed by atoms with Crippen molar-refractivity contribution >= 4 is 5.69 Å². The minimum absolute atomic E-state index is 0.420. The van der Waals surface area contributed by atoms with Crippen molar-refractivity contribution in [2.45, 2.75) is 31.7 Å². The topological polar surface area (TPSA) is 28.2 Å². The van der Waals surface area contributed by atoms with Crippen LogP contribution in [0.3, 0.4) is 0 Å². The highest BCUT2D eigenvalue weighted by molar-refractivity contribution is 5.49. The van der Waals surface area contributed by atoms with E-state index in [1.54, 1.807) is 0 Å². The quantitative estimate of drug-likeness (QED) is 0.776. The van der Waals surface area contributed by atoms with Crippen LogP contribution in [-0.2, 0) is 0 Å². The van der Waals surface area contributed by atoms with E-state index in [4.69, 9.17) is 0 Å². The molecule has 16 heavy (non-hydrogen) atoms. The molecule has 3 rings (SSSR count). The first-order valence-electron chi connectivity index (χ1n) is 6.20. The Morgan fingerprint density at radius 3 is 2.81 bits per heavy atom.